The van der Waals surface area contributed by atoms with E-state index in [2.05, 4.69) is 17.9 Å². The second-order valence-corrected chi connectivity index (χ2v) is 6.44. The van der Waals surface area contributed by atoms with E-state index in [1.54, 1.807) is 0 Å². The highest BCUT2D eigenvalue weighted by molar-refractivity contribution is 5.14. The van der Waals surface area contributed by atoms with Crippen molar-refractivity contribution >= 4 is 0 Å². The number of hydrogen-bond donors (Lipinski definition) is 0. The molecule has 3 aliphatic rings. The Hall–Kier alpha value is -0.380. The maximum absolute atomic E-state index is 6.08. The quantitative estimate of drug-likeness (QED) is 0.717. The fraction of sp³-hybridized carbons (Fsp3) is 0.875. The highest BCUT2D eigenvalue weighted by atomic mass is 16.5. The lowest BCUT2D eigenvalue weighted by Crippen LogP contribution is -2.48. The van der Waals surface area contributed by atoms with Crippen molar-refractivity contribution in [2.24, 2.45) is 0 Å². The fourth-order valence-electron chi connectivity index (χ4n) is 3.62. The van der Waals surface area contributed by atoms with Crippen LogP contribution < -0.4 is 0 Å². The second-order valence-electron chi connectivity index (χ2n) is 6.44. The Morgan fingerprint density at radius 1 is 1.26 bits per heavy atom. The molecule has 1 spiro atoms. The van der Waals surface area contributed by atoms with Crippen LogP contribution in [0.15, 0.2) is 11.6 Å². The molecule has 108 valence electrons. The van der Waals surface area contributed by atoms with Crippen LogP contribution in [0.1, 0.15) is 45.4 Å². The zero-order chi connectivity index (χ0) is 13.1. The third kappa shape index (κ3) is 3.39. The van der Waals surface area contributed by atoms with Crippen LogP contribution in [0.3, 0.4) is 0 Å². The van der Waals surface area contributed by atoms with E-state index in [0.29, 0.717) is 6.10 Å². The molecule has 19 heavy (non-hydrogen) atoms. The molecule has 0 radical (unpaired) electrons. The van der Waals surface area contributed by atoms with E-state index in [0.717, 1.165) is 52.1 Å². The summed E-state index contributed by atoms with van der Waals surface area (Å²) in [5.41, 5.74) is 1.57. The van der Waals surface area contributed by atoms with Gasteiger partial charge in [-0.1, -0.05) is 11.6 Å². The fourth-order valence-corrected chi connectivity index (χ4v) is 3.62. The predicted octanol–water partition coefficient (Wildman–Crippen LogP) is 2.76. The van der Waals surface area contributed by atoms with Crippen LogP contribution in [0.5, 0.6) is 0 Å². The van der Waals surface area contributed by atoms with Crippen molar-refractivity contribution in [1.29, 1.82) is 0 Å². The molecular weight excluding hydrogens is 238 g/mol. The Bertz CT molecular complexity index is 326. The molecule has 1 atom stereocenters. The van der Waals surface area contributed by atoms with Gasteiger partial charge in [-0.05, 0) is 45.4 Å². The van der Waals surface area contributed by atoms with Crippen LogP contribution in [0.25, 0.3) is 0 Å². The van der Waals surface area contributed by atoms with E-state index in [1.165, 1.54) is 24.8 Å². The first-order chi connectivity index (χ1) is 9.26. The van der Waals surface area contributed by atoms with E-state index in [-0.39, 0.29) is 5.60 Å². The minimum Gasteiger partial charge on any atom is -0.377 e. The minimum atomic E-state index is 0.0618. The van der Waals surface area contributed by atoms with E-state index in [9.17, 15) is 0 Å². The Labute approximate surface area is 116 Å². The van der Waals surface area contributed by atoms with Gasteiger partial charge < -0.3 is 14.4 Å². The van der Waals surface area contributed by atoms with Gasteiger partial charge in [0.1, 0.15) is 0 Å². The highest BCUT2D eigenvalue weighted by Crippen LogP contribution is 2.33. The van der Waals surface area contributed by atoms with Gasteiger partial charge in [-0.2, -0.15) is 0 Å². The first-order valence-electron chi connectivity index (χ1n) is 7.92. The van der Waals surface area contributed by atoms with Gasteiger partial charge in [-0.3, -0.25) is 0 Å². The number of likely N-dealkylation sites (tertiary alicyclic amines) is 1. The summed E-state index contributed by atoms with van der Waals surface area (Å²) < 4.78 is 11.9. The predicted molar refractivity (Wildman–Crippen MR) is 76.3 cm³/mol. The zero-order valence-electron chi connectivity index (χ0n) is 12.2. The second kappa shape index (κ2) is 5.94. The van der Waals surface area contributed by atoms with E-state index < -0.39 is 0 Å². The van der Waals surface area contributed by atoms with Gasteiger partial charge in [0.05, 0.1) is 18.3 Å². The molecule has 0 aromatic heterocycles. The number of rotatable bonds is 2. The SMILES string of the molecule is CC1=CC2(CCN(CC3CCCCO3)CC2)OCC1. The van der Waals surface area contributed by atoms with Crippen molar-refractivity contribution in [2.45, 2.75) is 57.2 Å². The topological polar surface area (TPSA) is 21.7 Å². The molecule has 0 aromatic rings. The molecule has 0 N–H and O–H groups in total. The molecule has 0 saturated carbocycles. The highest BCUT2D eigenvalue weighted by Gasteiger charge is 2.35. The summed E-state index contributed by atoms with van der Waals surface area (Å²) >= 11 is 0. The van der Waals surface area contributed by atoms with E-state index >= 15 is 0 Å². The lowest BCUT2D eigenvalue weighted by atomic mass is 9.87. The van der Waals surface area contributed by atoms with Crippen molar-refractivity contribution in [3.8, 4) is 0 Å². The molecule has 3 nitrogen and oxygen atoms in total. The van der Waals surface area contributed by atoms with E-state index in [1.807, 2.05) is 0 Å². The van der Waals surface area contributed by atoms with Crippen molar-refractivity contribution in [3.05, 3.63) is 11.6 Å². The summed E-state index contributed by atoms with van der Waals surface area (Å²) in [5, 5.41) is 0. The maximum atomic E-state index is 6.08. The molecule has 1 unspecified atom stereocenters. The van der Waals surface area contributed by atoms with Gasteiger partial charge in [-0.15, -0.1) is 0 Å². The van der Waals surface area contributed by atoms with Gasteiger partial charge in [0.2, 0.25) is 0 Å². The van der Waals surface area contributed by atoms with Crippen molar-refractivity contribution in [2.75, 3.05) is 32.8 Å². The lowest BCUT2D eigenvalue weighted by molar-refractivity contribution is -0.0689. The van der Waals surface area contributed by atoms with Gasteiger partial charge in [0.25, 0.3) is 0 Å². The number of hydrogen-bond acceptors (Lipinski definition) is 3. The number of piperidine rings is 1. The summed E-state index contributed by atoms with van der Waals surface area (Å²) in [4.78, 5) is 2.57. The maximum Gasteiger partial charge on any atom is 0.0889 e. The standard InChI is InChI=1S/C16H27NO2/c1-14-5-11-19-16(12-14)6-8-17(9-7-16)13-15-4-2-3-10-18-15/h12,15H,2-11,13H2,1H3. The monoisotopic (exact) mass is 265 g/mol. The third-order valence-electron chi connectivity index (χ3n) is 4.83. The molecule has 3 aliphatic heterocycles. The van der Waals surface area contributed by atoms with Crippen LogP contribution in [0.4, 0.5) is 0 Å². The molecule has 3 rings (SSSR count). The van der Waals surface area contributed by atoms with E-state index in [4.69, 9.17) is 9.47 Å². The Balaban J connectivity index is 1.50. The first-order valence-corrected chi connectivity index (χ1v) is 7.92. The summed E-state index contributed by atoms with van der Waals surface area (Å²) in [5.74, 6) is 0. The summed E-state index contributed by atoms with van der Waals surface area (Å²) in [6.07, 6.45) is 10.1. The Kier molecular flexibility index (Phi) is 4.25. The minimum absolute atomic E-state index is 0.0618. The van der Waals surface area contributed by atoms with Crippen molar-refractivity contribution in [1.82, 2.24) is 4.90 Å². The van der Waals surface area contributed by atoms with Crippen molar-refractivity contribution < 1.29 is 9.47 Å². The van der Waals surface area contributed by atoms with Crippen LogP contribution in [0, 0.1) is 0 Å². The summed E-state index contributed by atoms with van der Waals surface area (Å²) in [6.45, 7) is 7.56. The lowest BCUT2D eigenvalue weighted by Gasteiger charge is -2.43. The molecule has 0 aliphatic carbocycles. The summed E-state index contributed by atoms with van der Waals surface area (Å²) in [7, 11) is 0. The van der Waals surface area contributed by atoms with Crippen LogP contribution in [0.2, 0.25) is 0 Å². The van der Waals surface area contributed by atoms with Crippen LogP contribution in [-0.2, 0) is 9.47 Å². The molecular formula is C16H27NO2. The molecule has 2 saturated heterocycles. The number of ether oxygens (including phenoxy) is 2. The Morgan fingerprint density at radius 3 is 2.79 bits per heavy atom. The summed E-state index contributed by atoms with van der Waals surface area (Å²) in [6, 6.07) is 0. The van der Waals surface area contributed by atoms with Gasteiger partial charge in [0, 0.05) is 26.2 Å². The molecule has 0 amide bonds. The molecule has 0 aromatic carbocycles. The smallest absolute Gasteiger partial charge is 0.0889 e. The normalized spacial score (nSPS) is 32.3. The third-order valence-corrected chi connectivity index (χ3v) is 4.83. The average molecular weight is 265 g/mol. The van der Waals surface area contributed by atoms with Gasteiger partial charge >= 0.3 is 0 Å². The average Bonchev–Trinajstić information content (AvgIpc) is 2.43. The molecule has 3 heteroatoms. The van der Waals surface area contributed by atoms with Crippen LogP contribution in [-0.4, -0.2) is 49.5 Å². The Morgan fingerprint density at radius 2 is 2.11 bits per heavy atom. The number of nitrogens with zero attached hydrogens (tertiary/aromatic N) is 1. The first kappa shape index (κ1) is 13.6. The zero-order valence-corrected chi connectivity index (χ0v) is 12.2. The van der Waals surface area contributed by atoms with Gasteiger partial charge in [-0.25, -0.2) is 0 Å². The molecule has 0 bridgehead atoms. The van der Waals surface area contributed by atoms with Crippen LogP contribution >= 0.6 is 0 Å². The molecule has 2 fully saturated rings. The molecule has 3 heterocycles. The largest absolute Gasteiger partial charge is 0.377 e. The van der Waals surface area contributed by atoms with Gasteiger partial charge in [0.15, 0.2) is 0 Å². The van der Waals surface area contributed by atoms with Crippen molar-refractivity contribution in [3.63, 3.8) is 0 Å².